The van der Waals surface area contributed by atoms with Crippen molar-refractivity contribution >= 4 is 33.1 Å². The molecule has 0 atom stereocenters. The van der Waals surface area contributed by atoms with Crippen molar-refractivity contribution in [2.45, 2.75) is 0 Å². The third-order valence-corrected chi connectivity index (χ3v) is 5.84. The molecule has 0 aliphatic carbocycles. The van der Waals surface area contributed by atoms with Crippen LogP contribution in [0.4, 0.5) is 5.69 Å². The lowest BCUT2D eigenvalue weighted by molar-refractivity contribution is 0.102. The second kappa shape index (κ2) is 8.42. The van der Waals surface area contributed by atoms with Gasteiger partial charge in [0.05, 0.1) is 10.2 Å². The van der Waals surface area contributed by atoms with Crippen LogP contribution in [0.3, 0.4) is 0 Å². The fourth-order valence-corrected chi connectivity index (χ4v) is 4.19. The number of anilines is 1. The molecule has 0 saturated carbocycles. The maximum Gasteiger partial charge on any atom is 0.255 e. The molecular weight excluding hydrogens is 404 g/mol. The highest BCUT2D eigenvalue weighted by Gasteiger charge is 2.10. The molecule has 1 N–H and O–H groups in total. The first-order valence-electron chi connectivity index (χ1n) is 9.85. The van der Waals surface area contributed by atoms with Crippen molar-refractivity contribution in [3.63, 3.8) is 0 Å². The minimum absolute atomic E-state index is 0.173. The molecule has 0 saturated heterocycles. The minimum atomic E-state index is -0.173. The van der Waals surface area contributed by atoms with Crippen LogP contribution >= 0.6 is 11.3 Å². The van der Waals surface area contributed by atoms with E-state index >= 15 is 0 Å². The zero-order valence-corrected chi connectivity index (χ0v) is 17.3. The van der Waals surface area contributed by atoms with Crippen LogP contribution in [0.25, 0.3) is 20.8 Å². The Bertz CT molecular complexity index is 1310. The summed E-state index contributed by atoms with van der Waals surface area (Å²) in [5.41, 5.74) is 3.25. The van der Waals surface area contributed by atoms with Gasteiger partial charge in [-0.15, -0.1) is 11.3 Å². The number of fused-ring (bicyclic) bond motifs is 1. The van der Waals surface area contributed by atoms with Gasteiger partial charge in [-0.05, 0) is 60.7 Å². The molecule has 4 aromatic carbocycles. The molecule has 1 heterocycles. The van der Waals surface area contributed by atoms with Crippen LogP contribution in [0.15, 0.2) is 103 Å². The van der Waals surface area contributed by atoms with Crippen LogP contribution in [0.5, 0.6) is 11.5 Å². The van der Waals surface area contributed by atoms with Crippen molar-refractivity contribution in [2.24, 2.45) is 0 Å². The normalized spacial score (nSPS) is 10.7. The van der Waals surface area contributed by atoms with Crippen LogP contribution in [-0.2, 0) is 0 Å². The molecule has 0 aliphatic rings. The minimum Gasteiger partial charge on any atom is -0.457 e. The maximum absolute atomic E-state index is 12.7. The third kappa shape index (κ3) is 4.32. The van der Waals surface area contributed by atoms with E-state index in [0.29, 0.717) is 11.3 Å². The number of benzene rings is 4. The molecule has 0 unspecified atom stereocenters. The van der Waals surface area contributed by atoms with E-state index in [1.807, 2.05) is 72.8 Å². The van der Waals surface area contributed by atoms with Crippen LogP contribution in [0.1, 0.15) is 10.4 Å². The number of amides is 1. The van der Waals surface area contributed by atoms with E-state index in [0.717, 1.165) is 32.2 Å². The lowest BCUT2D eigenvalue weighted by Gasteiger charge is -2.08. The van der Waals surface area contributed by atoms with Crippen LogP contribution in [-0.4, -0.2) is 10.9 Å². The Morgan fingerprint density at radius 1 is 0.774 bits per heavy atom. The van der Waals surface area contributed by atoms with E-state index in [9.17, 15) is 4.79 Å². The van der Waals surface area contributed by atoms with Crippen molar-refractivity contribution in [1.29, 1.82) is 0 Å². The smallest absolute Gasteiger partial charge is 0.255 e. The number of carbonyl (C=O) groups excluding carboxylic acids is 1. The number of hydrogen-bond acceptors (Lipinski definition) is 4. The highest BCUT2D eigenvalue weighted by Crippen LogP contribution is 2.31. The molecule has 5 heteroatoms. The summed E-state index contributed by atoms with van der Waals surface area (Å²) in [5, 5.41) is 3.90. The van der Waals surface area contributed by atoms with E-state index in [4.69, 9.17) is 9.72 Å². The number of nitrogens with one attached hydrogen (secondary N) is 1. The molecule has 5 aromatic rings. The van der Waals surface area contributed by atoms with Gasteiger partial charge in [0.2, 0.25) is 0 Å². The molecule has 1 aromatic heterocycles. The van der Waals surface area contributed by atoms with Gasteiger partial charge in [-0.1, -0.05) is 42.5 Å². The second-order valence-corrected chi connectivity index (χ2v) is 7.99. The predicted molar refractivity (Wildman–Crippen MR) is 126 cm³/mol. The molecule has 0 aliphatic heterocycles. The van der Waals surface area contributed by atoms with Gasteiger partial charge < -0.3 is 10.1 Å². The Hall–Kier alpha value is -3.96. The summed E-state index contributed by atoms with van der Waals surface area (Å²) in [6.45, 7) is 0. The molecule has 5 rings (SSSR count). The monoisotopic (exact) mass is 422 g/mol. The first-order chi connectivity index (χ1) is 15.2. The number of para-hydroxylation sites is 2. The highest BCUT2D eigenvalue weighted by molar-refractivity contribution is 7.21. The van der Waals surface area contributed by atoms with Crippen molar-refractivity contribution in [3.05, 3.63) is 109 Å². The number of hydrogen-bond donors (Lipinski definition) is 1. The SMILES string of the molecule is O=C(Nc1cccc(-c2nc3ccccc3s2)c1)c1ccc(Oc2ccccc2)cc1. The maximum atomic E-state index is 12.7. The second-order valence-electron chi connectivity index (χ2n) is 6.96. The van der Waals surface area contributed by atoms with Crippen molar-refractivity contribution in [1.82, 2.24) is 4.98 Å². The van der Waals surface area contributed by atoms with Crippen molar-refractivity contribution < 1.29 is 9.53 Å². The lowest BCUT2D eigenvalue weighted by Crippen LogP contribution is -2.11. The molecule has 1 amide bonds. The summed E-state index contributed by atoms with van der Waals surface area (Å²) in [6, 6.07) is 32.5. The quantitative estimate of drug-likeness (QED) is 0.331. The first kappa shape index (κ1) is 19.0. The van der Waals surface area contributed by atoms with Gasteiger partial charge >= 0.3 is 0 Å². The molecule has 0 fully saturated rings. The van der Waals surface area contributed by atoms with Gasteiger partial charge in [-0.3, -0.25) is 4.79 Å². The number of aromatic nitrogens is 1. The lowest BCUT2D eigenvalue weighted by atomic mass is 10.1. The number of nitrogens with zero attached hydrogens (tertiary/aromatic N) is 1. The largest absolute Gasteiger partial charge is 0.457 e. The van der Waals surface area contributed by atoms with Gasteiger partial charge in [0, 0.05) is 16.8 Å². The molecule has 0 radical (unpaired) electrons. The zero-order valence-electron chi connectivity index (χ0n) is 16.5. The fraction of sp³-hybridized carbons (Fsp3) is 0. The topological polar surface area (TPSA) is 51.2 Å². The number of thiazole rings is 1. The fourth-order valence-electron chi connectivity index (χ4n) is 3.23. The molecule has 0 bridgehead atoms. The van der Waals surface area contributed by atoms with Gasteiger partial charge in [0.1, 0.15) is 16.5 Å². The molecule has 4 nitrogen and oxygen atoms in total. The van der Waals surface area contributed by atoms with E-state index in [2.05, 4.69) is 11.4 Å². The average Bonchev–Trinajstić information content (AvgIpc) is 3.25. The van der Waals surface area contributed by atoms with Gasteiger partial charge in [-0.25, -0.2) is 4.98 Å². The standard InChI is InChI=1S/C26H18N2O2S/c29-25(18-13-15-22(16-14-18)30-21-9-2-1-3-10-21)27-20-8-6-7-19(17-20)26-28-23-11-4-5-12-24(23)31-26/h1-17H,(H,27,29). The number of rotatable bonds is 5. The Kier molecular flexibility index (Phi) is 5.17. The Labute approximate surface area is 183 Å². The summed E-state index contributed by atoms with van der Waals surface area (Å²) >= 11 is 1.64. The number of carbonyl (C=O) groups is 1. The van der Waals surface area contributed by atoms with E-state index in [1.165, 1.54) is 0 Å². The summed E-state index contributed by atoms with van der Waals surface area (Å²) in [6.07, 6.45) is 0. The van der Waals surface area contributed by atoms with Crippen molar-refractivity contribution in [2.75, 3.05) is 5.32 Å². The Morgan fingerprint density at radius 3 is 2.32 bits per heavy atom. The average molecular weight is 423 g/mol. The Morgan fingerprint density at radius 2 is 1.52 bits per heavy atom. The highest BCUT2D eigenvalue weighted by atomic mass is 32.1. The number of ether oxygens (including phenoxy) is 1. The van der Waals surface area contributed by atoms with E-state index in [-0.39, 0.29) is 5.91 Å². The zero-order chi connectivity index (χ0) is 21.0. The van der Waals surface area contributed by atoms with E-state index in [1.54, 1.807) is 35.6 Å². The third-order valence-electron chi connectivity index (χ3n) is 4.76. The van der Waals surface area contributed by atoms with Crippen LogP contribution in [0.2, 0.25) is 0 Å². The molecule has 150 valence electrons. The van der Waals surface area contributed by atoms with Gasteiger partial charge in [0.15, 0.2) is 0 Å². The molecule has 31 heavy (non-hydrogen) atoms. The summed E-state index contributed by atoms with van der Waals surface area (Å²) in [4.78, 5) is 17.4. The van der Waals surface area contributed by atoms with Gasteiger partial charge in [0.25, 0.3) is 5.91 Å². The predicted octanol–water partition coefficient (Wildman–Crippen LogP) is 7.01. The van der Waals surface area contributed by atoms with Crippen molar-refractivity contribution in [3.8, 4) is 22.1 Å². The van der Waals surface area contributed by atoms with Gasteiger partial charge in [-0.2, -0.15) is 0 Å². The Balaban J connectivity index is 1.30. The summed E-state index contributed by atoms with van der Waals surface area (Å²) < 4.78 is 6.93. The molecular formula is C26H18N2O2S. The van der Waals surface area contributed by atoms with Crippen LogP contribution in [0, 0.1) is 0 Å². The molecule has 0 spiro atoms. The summed E-state index contributed by atoms with van der Waals surface area (Å²) in [7, 11) is 0. The van der Waals surface area contributed by atoms with Crippen LogP contribution < -0.4 is 10.1 Å². The first-order valence-corrected chi connectivity index (χ1v) is 10.7. The van der Waals surface area contributed by atoms with E-state index < -0.39 is 0 Å². The summed E-state index contributed by atoms with van der Waals surface area (Å²) in [5.74, 6) is 1.26.